The Morgan fingerprint density at radius 3 is 2.43 bits per heavy atom. The molecule has 2 amide bonds. The van der Waals surface area contributed by atoms with Crippen molar-refractivity contribution in [3.05, 3.63) is 22.5 Å². The van der Waals surface area contributed by atoms with Gasteiger partial charge in [0.05, 0.1) is 12.2 Å². The maximum atomic E-state index is 12.9. The van der Waals surface area contributed by atoms with Crippen LogP contribution in [-0.4, -0.2) is 53.4 Å². The van der Waals surface area contributed by atoms with Gasteiger partial charge in [0, 0.05) is 31.2 Å². The molecule has 0 radical (unpaired) electrons. The lowest BCUT2D eigenvalue weighted by atomic mass is 9.92. The van der Waals surface area contributed by atoms with Crippen molar-refractivity contribution in [2.75, 3.05) is 19.7 Å². The number of H-pyrrole nitrogens is 1. The van der Waals surface area contributed by atoms with Crippen molar-refractivity contribution in [3.8, 4) is 0 Å². The molecule has 1 aromatic heterocycles. The molecule has 1 atom stereocenters. The number of amides is 2. The van der Waals surface area contributed by atoms with Gasteiger partial charge in [0.1, 0.15) is 5.69 Å². The number of nitrogens with one attached hydrogen (secondary N) is 2. The highest BCUT2D eigenvalue weighted by molar-refractivity contribution is 6.00. The number of aryl methyl sites for hydroxylation is 1. The fourth-order valence-electron chi connectivity index (χ4n) is 3.67. The second-order valence-electron chi connectivity index (χ2n) is 7.66. The average molecular weight is 392 g/mol. The van der Waals surface area contributed by atoms with Gasteiger partial charge in [0.25, 0.3) is 5.91 Å². The van der Waals surface area contributed by atoms with E-state index in [0.29, 0.717) is 54.5 Å². The summed E-state index contributed by atoms with van der Waals surface area (Å²) >= 11 is 0. The molecule has 1 aromatic rings. The Bertz CT molecular complexity index is 717. The van der Waals surface area contributed by atoms with E-state index in [1.54, 1.807) is 25.7 Å². The third-order valence-electron chi connectivity index (χ3n) is 5.53. The molecule has 1 aliphatic heterocycles. The first kappa shape index (κ1) is 22.0. The summed E-state index contributed by atoms with van der Waals surface area (Å²) in [5, 5.41) is 3.01. The van der Waals surface area contributed by atoms with Crippen LogP contribution in [0, 0.1) is 19.8 Å². The lowest BCUT2D eigenvalue weighted by Crippen LogP contribution is -2.40. The van der Waals surface area contributed by atoms with Crippen LogP contribution in [0.1, 0.15) is 78.6 Å². The summed E-state index contributed by atoms with van der Waals surface area (Å²) in [5.41, 5.74) is 2.18. The number of rotatable bonds is 7. The SMILES string of the molecule is CCOC(=O)c1c(C)[nH]c(C(=O)N2CCC(CC(=O)NC(C)CC)CC2)c1C. The van der Waals surface area contributed by atoms with Crippen LogP contribution >= 0.6 is 0 Å². The van der Waals surface area contributed by atoms with Crippen molar-refractivity contribution in [1.29, 1.82) is 0 Å². The lowest BCUT2D eigenvalue weighted by Gasteiger charge is -2.32. The van der Waals surface area contributed by atoms with Gasteiger partial charge < -0.3 is 19.9 Å². The minimum absolute atomic E-state index is 0.0917. The first-order valence-electron chi connectivity index (χ1n) is 10.2. The molecule has 1 unspecified atom stereocenters. The van der Waals surface area contributed by atoms with Gasteiger partial charge in [-0.25, -0.2) is 4.79 Å². The molecule has 0 aliphatic carbocycles. The van der Waals surface area contributed by atoms with Gasteiger partial charge in [-0.1, -0.05) is 6.92 Å². The molecule has 1 fully saturated rings. The van der Waals surface area contributed by atoms with Crippen molar-refractivity contribution in [3.63, 3.8) is 0 Å². The summed E-state index contributed by atoms with van der Waals surface area (Å²) in [4.78, 5) is 42.0. The first-order valence-corrected chi connectivity index (χ1v) is 10.2. The fraction of sp³-hybridized carbons (Fsp3) is 0.667. The van der Waals surface area contributed by atoms with E-state index in [0.717, 1.165) is 19.3 Å². The molecule has 0 aromatic carbocycles. The molecule has 7 nitrogen and oxygen atoms in total. The molecule has 0 spiro atoms. The summed E-state index contributed by atoms with van der Waals surface area (Å²) in [6, 6.07) is 0.196. The van der Waals surface area contributed by atoms with E-state index in [2.05, 4.69) is 10.3 Å². The summed E-state index contributed by atoms with van der Waals surface area (Å²) < 4.78 is 5.09. The van der Waals surface area contributed by atoms with Gasteiger partial charge >= 0.3 is 5.97 Å². The van der Waals surface area contributed by atoms with E-state index in [1.165, 1.54) is 0 Å². The normalized spacial score (nSPS) is 16.0. The number of carbonyl (C=O) groups excluding carboxylic acids is 3. The van der Waals surface area contributed by atoms with E-state index >= 15 is 0 Å². The molecule has 7 heteroatoms. The number of aromatic nitrogens is 1. The molecule has 156 valence electrons. The van der Waals surface area contributed by atoms with E-state index in [4.69, 9.17) is 4.74 Å². The van der Waals surface area contributed by atoms with Crippen LogP contribution in [0.2, 0.25) is 0 Å². The molecular weight excluding hydrogens is 358 g/mol. The maximum Gasteiger partial charge on any atom is 0.340 e. The highest BCUT2D eigenvalue weighted by Gasteiger charge is 2.29. The lowest BCUT2D eigenvalue weighted by molar-refractivity contribution is -0.122. The van der Waals surface area contributed by atoms with Crippen molar-refractivity contribution in [2.24, 2.45) is 5.92 Å². The number of hydrogen-bond donors (Lipinski definition) is 2. The molecule has 2 rings (SSSR count). The molecule has 28 heavy (non-hydrogen) atoms. The van der Waals surface area contributed by atoms with Crippen molar-refractivity contribution < 1.29 is 19.1 Å². The molecule has 1 saturated heterocycles. The minimum atomic E-state index is -0.404. The molecular formula is C21H33N3O4. The second-order valence-corrected chi connectivity index (χ2v) is 7.66. The molecule has 2 heterocycles. The average Bonchev–Trinajstić information content (AvgIpc) is 2.96. The number of carbonyl (C=O) groups is 3. The van der Waals surface area contributed by atoms with Gasteiger partial charge in [0.2, 0.25) is 5.91 Å². The van der Waals surface area contributed by atoms with E-state index < -0.39 is 5.97 Å². The van der Waals surface area contributed by atoms with Crippen LogP contribution in [0.15, 0.2) is 0 Å². The predicted molar refractivity (Wildman–Crippen MR) is 107 cm³/mol. The Hall–Kier alpha value is -2.31. The molecule has 0 saturated carbocycles. The summed E-state index contributed by atoms with van der Waals surface area (Å²) in [5.74, 6) is -0.110. The minimum Gasteiger partial charge on any atom is -0.462 e. The van der Waals surface area contributed by atoms with Crippen molar-refractivity contribution in [1.82, 2.24) is 15.2 Å². The van der Waals surface area contributed by atoms with Gasteiger partial charge in [-0.05, 0) is 58.4 Å². The Morgan fingerprint density at radius 1 is 1.21 bits per heavy atom. The quantitative estimate of drug-likeness (QED) is 0.699. The monoisotopic (exact) mass is 391 g/mol. The Kier molecular flexibility index (Phi) is 7.66. The summed E-state index contributed by atoms with van der Waals surface area (Å²) in [6.45, 7) is 10.9. The van der Waals surface area contributed by atoms with Gasteiger partial charge in [-0.15, -0.1) is 0 Å². The zero-order valence-corrected chi connectivity index (χ0v) is 17.7. The number of likely N-dealkylation sites (tertiary alicyclic amines) is 1. The van der Waals surface area contributed by atoms with Gasteiger partial charge in [-0.2, -0.15) is 0 Å². The first-order chi connectivity index (χ1) is 13.3. The van der Waals surface area contributed by atoms with E-state index in [9.17, 15) is 14.4 Å². The van der Waals surface area contributed by atoms with Crippen LogP contribution in [-0.2, 0) is 9.53 Å². The standard InChI is InChI=1S/C21H33N3O4/c1-6-13(3)22-17(25)12-16-8-10-24(11-9-16)20(26)19-14(4)18(15(5)23-19)21(27)28-7-2/h13,16,23H,6-12H2,1-5H3,(H,22,25). The van der Waals surface area contributed by atoms with Crippen molar-refractivity contribution >= 4 is 17.8 Å². The maximum absolute atomic E-state index is 12.9. The molecule has 0 bridgehead atoms. The number of hydrogen-bond acceptors (Lipinski definition) is 4. The molecule has 2 N–H and O–H groups in total. The number of nitrogens with zero attached hydrogens (tertiary/aromatic N) is 1. The fourth-order valence-corrected chi connectivity index (χ4v) is 3.67. The Morgan fingerprint density at radius 2 is 1.86 bits per heavy atom. The number of piperidine rings is 1. The van der Waals surface area contributed by atoms with Crippen LogP contribution in [0.3, 0.4) is 0 Å². The number of esters is 1. The van der Waals surface area contributed by atoms with Crippen LogP contribution in [0.25, 0.3) is 0 Å². The summed E-state index contributed by atoms with van der Waals surface area (Å²) in [6.07, 6.45) is 3.05. The largest absolute Gasteiger partial charge is 0.462 e. The highest BCUT2D eigenvalue weighted by atomic mass is 16.5. The zero-order chi connectivity index (χ0) is 20.8. The van der Waals surface area contributed by atoms with Crippen molar-refractivity contribution in [2.45, 2.75) is 66.3 Å². The molecule has 1 aliphatic rings. The highest BCUT2D eigenvalue weighted by Crippen LogP contribution is 2.25. The zero-order valence-electron chi connectivity index (χ0n) is 17.7. The van der Waals surface area contributed by atoms with Crippen LogP contribution in [0.5, 0.6) is 0 Å². The predicted octanol–water partition coefficient (Wildman–Crippen LogP) is 2.97. The van der Waals surface area contributed by atoms with E-state index in [1.807, 2.05) is 13.8 Å². The summed E-state index contributed by atoms with van der Waals surface area (Å²) in [7, 11) is 0. The Labute approximate surface area is 167 Å². The van der Waals surface area contributed by atoms with Crippen LogP contribution in [0.4, 0.5) is 0 Å². The van der Waals surface area contributed by atoms with Gasteiger partial charge in [0.15, 0.2) is 0 Å². The Balaban J connectivity index is 1.96. The van der Waals surface area contributed by atoms with Crippen LogP contribution < -0.4 is 5.32 Å². The number of ether oxygens (including phenoxy) is 1. The third-order valence-corrected chi connectivity index (χ3v) is 5.53. The second kappa shape index (κ2) is 9.75. The van der Waals surface area contributed by atoms with E-state index in [-0.39, 0.29) is 17.9 Å². The number of aromatic amines is 1. The smallest absolute Gasteiger partial charge is 0.340 e. The third kappa shape index (κ3) is 5.14. The van der Waals surface area contributed by atoms with Gasteiger partial charge in [-0.3, -0.25) is 9.59 Å². The topological polar surface area (TPSA) is 91.5 Å².